The largest absolute Gasteiger partial charge is 0.490 e. The average Bonchev–Trinajstić information content (AvgIpc) is 2.75. The van der Waals surface area contributed by atoms with E-state index in [0.717, 1.165) is 19.3 Å². The van der Waals surface area contributed by atoms with Crippen LogP contribution in [0.3, 0.4) is 0 Å². The summed E-state index contributed by atoms with van der Waals surface area (Å²) in [6.07, 6.45) is 4.46. The summed E-state index contributed by atoms with van der Waals surface area (Å²) in [5.74, 6) is 0.795. The van der Waals surface area contributed by atoms with E-state index >= 15 is 0 Å². The summed E-state index contributed by atoms with van der Waals surface area (Å²) in [4.78, 5) is 26.7. The van der Waals surface area contributed by atoms with E-state index in [4.69, 9.17) is 9.47 Å². The van der Waals surface area contributed by atoms with E-state index in [2.05, 4.69) is 5.32 Å². The predicted octanol–water partition coefficient (Wildman–Crippen LogP) is 4.07. The standard InChI is InChI=1S/C24H30N2O4/c1-4-29-21-13-12-20(15-22(21)30-5-2)25-23(27)16-26(3)24(28)19-11-10-17-8-6-7-9-18(17)14-19/h10-15H,4-9,16H2,1-3H3,(H,25,27). The van der Waals surface area contributed by atoms with Crippen molar-refractivity contribution < 1.29 is 19.1 Å². The highest BCUT2D eigenvalue weighted by Gasteiger charge is 2.18. The van der Waals surface area contributed by atoms with Crippen LogP contribution >= 0.6 is 0 Å². The molecule has 3 rings (SSSR count). The summed E-state index contributed by atoms with van der Waals surface area (Å²) in [7, 11) is 1.64. The van der Waals surface area contributed by atoms with E-state index in [0.29, 0.717) is 36.0 Å². The average molecular weight is 411 g/mol. The molecule has 1 N–H and O–H groups in total. The van der Waals surface area contributed by atoms with Crippen LogP contribution in [-0.4, -0.2) is 43.5 Å². The van der Waals surface area contributed by atoms with Gasteiger partial charge in [-0.05, 0) is 74.9 Å². The fourth-order valence-corrected chi connectivity index (χ4v) is 3.70. The van der Waals surface area contributed by atoms with Crippen LogP contribution in [0.5, 0.6) is 11.5 Å². The van der Waals surface area contributed by atoms with Gasteiger partial charge in [0, 0.05) is 24.4 Å². The number of carbonyl (C=O) groups excluding carboxylic acids is 2. The maximum atomic E-state index is 12.8. The van der Waals surface area contributed by atoms with Crippen molar-refractivity contribution in [2.45, 2.75) is 39.5 Å². The van der Waals surface area contributed by atoms with E-state index in [-0.39, 0.29) is 18.4 Å². The smallest absolute Gasteiger partial charge is 0.254 e. The highest BCUT2D eigenvalue weighted by atomic mass is 16.5. The summed E-state index contributed by atoms with van der Waals surface area (Å²) in [6.45, 7) is 4.78. The Labute approximate surface area is 178 Å². The molecule has 2 amide bonds. The second kappa shape index (κ2) is 10.1. The number of ether oxygens (including phenoxy) is 2. The minimum atomic E-state index is -0.268. The van der Waals surface area contributed by atoms with Gasteiger partial charge >= 0.3 is 0 Å². The fraction of sp³-hybridized carbons (Fsp3) is 0.417. The van der Waals surface area contributed by atoms with Gasteiger partial charge in [0.05, 0.1) is 19.8 Å². The maximum Gasteiger partial charge on any atom is 0.254 e. The van der Waals surface area contributed by atoms with Gasteiger partial charge in [0.2, 0.25) is 5.91 Å². The molecule has 0 radical (unpaired) electrons. The molecule has 0 bridgehead atoms. The molecule has 0 saturated heterocycles. The molecule has 2 aromatic rings. The lowest BCUT2D eigenvalue weighted by Gasteiger charge is -2.20. The summed E-state index contributed by atoms with van der Waals surface area (Å²) >= 11 is 0. The molecule has 1 aliphatic carbocycles. The second-order valence-corrected chi connectivity index (χ2v) is 7.43. The summed E-state index contributed by atoms with van der Waals surface area (Å²) < 4.78 is 11.1. The Hall–Kier alpha value is -3.02. The van der Waals surface area contributed by atoms with Crippen molar-refractivity contribution in [2.24, 2.45) is 0 Å². The number of hydrogen-bond donors (Lipinski definition) is 1. The van der Waals surface area contributed by atoms with Gasteiger partial charge in [-0.15, -0.1) is 0 Å². The summed E-state index contributed by atoms with van der Waals surface area (Å²) in [5, 5.41) is 2.83. The zero-order chi connectivity index (χ0) is 21.5. The van der Waals surface area contributed by atoms with Gasteiger partial charge in [-0.25, -0.2) is 0 Å². The molecular formula is C24H30N2O4. The maximum absolute atomic E-state index is 12.8. The number of benzene rings is 2. The van der Waals surface area contributed by atoms with Crippen LogP contribution in [0.25, 0.3) is 0 Å². The third-order valence-corrected chi connectivity index (χ3v) is 5.15. The van der Waals surface area contributed by atoms with Crippen molar-refractivity contribution in [1.29, 1.82) is 0 Å². The third kappa shape index (κ3) is 5.32. The van der Waals surface area contributed by atoms with Crippen molar-refractivity contribution in [3.8, 4) is 11.5 Å². The number of aryl methyl sites for hydroxylation is 2. The van der Waals surface area contributed by atoms with Crippen molar-refractivity contribution in [3.63, 3.8) is 0 Å². The molecular weight excluding hydrogens is 380 g/mol. The Morgan fingerprint density at radius 2 is 1.63 bits per heavy atom. The van der Waals surface area contributed by atoms with E-state index in [9.17, 15) is 9.59 Å². The number of amides is 2. The number of anilines is 1. The van der Waals surface area contributed by atoms with Crippen LogP contribution in [0.1, 0.15) is 48.2 Å². The van der Waals surface area contributed by atoms with Gasteiger partial charge in [-0.1, -0.05) is 6.07 Å². The molecule has 0 aromatic heterocycles. The zero-order valence-corrected chi connectivity index (χ0v) is 18.0. The Morgan fingerprint density at radius 1 is 0.933 bits per heavy atom. The number of carbonyl (C=O) groups is 2. The molecule has 1 aliphatic rings. The molecule has 2 aromatic carbocycles. The van der Waals surface area contributed by atoms with Crippen LogP contribution in [0.15, 0.2) is 36.4 Å². The van der Waals surface area contributed by atoms with Crippen molar-refractivity contribution >= 4 is 17.5 Å². The number of hydrogen-bond acceptors (Lipinski definition) is 4. The summed E-state index contributed by atoms with van der Waals surface area (Å²) in [5.41, 5.74) is 3.81. The molecule has 6 nitrogen and oxygen atoms in total. The lowest BCUT2D eigenvalue weighted by atomic mass is 9.90. The number of nitrogens with zero attached hydrogens (tertiary/aromatic N) is 1. The Morgan fingerprint density at radius 3 is 2.37 bits per heavy atom. The first-order valence-corrected chi connectivity index (χ1v) is 10.6. The van der Waals surface area contributed by atoms with Gasteiger partial charge in [0.15, 0.2) is 11.5 Å². The molecule has 0 fully saturated rings. The molecule has 0 spiro atoms. The van der Waals surface area contributed by atoms with Gasteiger partial charge < -0.3 is 19.7 Å². The molecule has 6 heteroatoms. The Balaban J connectivity index is 1.62. The molecule has 0 heterocycles. The molecule has 160 valence electrons. The van der Waals surface area contributed by atoms with Crippen LogP contribution < -0.4 is 14.8 Å². The monoisotopic (exact) mass is 410 g/mol. The lowest BCUT2D eigenvalue weighted by Crippen LogP contribution is -2.35. The fourth-order valence-electron chi connectivity index (χ4n) is 3.70. The first-order chi connectivity index (χ1) is 14.5. The van der Waals surface area contributed by atoms with Crippen LogP contribution in [0, 0.1) is 0 Å². The first kappa shape index (κ1) is 21.7. The van der Waals surface area contributed by atoms with Crippen molar-refractivity contribution in [1.82, 2.24) is 4.90 Å². The number of rotatable bonds is 8. The number of fused-ring (bicyclic) bond motifs is 1. The van der Waals surface area contributed by atoms with Crippen LogP contribution in [-0.2, 0) is 17.6 Å². The van der Waals surface area contributed by atoms with Gasteiger partial charge in [0.25, 0.3) is 5.91 Å². The Bertz CT molecular complexity index is 910. The predicted molar refractivity (Wildman–Crippen MR) is 117 cm³/mol. The third-order valence-electron chi connectivity index (χ3n) is 5.15. The van der Waals surface area contributed by atoms with Gasteiger partial charge in [0.1, 0.15) is 0 Å². The van der Waals surface area contributed by atoms with Crippen LogP contribution in [0.4, 0.5) is 5.69 Å². The van der Waals surface area contributed by atoms with Crippen molar-refractivity contribution in [2.75, 3.05) is 32.1 Å². The first-order valence-electron chi connectivity index (χ1n) is 10.6. The quantitative estimate of drug-likeness (QED) is 0.712. The lowest BCUT2D eigenvalue weighted by molar-refractivity contribution is -0.116. The molecule has 30 heavy (non-hydrogen) atoms. The van der Waals surface area contributed by atoms with Crippen molar-refractivity contribution in [3.05, 3.63) is 53.1 Å². The highest BCUT2D eigenvalue weighted by molar-refractivity contribution is 5.99. The topological polar surface area (TPSA) is 67.9 Å². The number of likely N-dealkylation sites (N-methyl/N-ethyl adjacent to an activating group) is 1. The Kier molecular flexibility index (Phi) is 7.33. The minimum Gasteiger partial charge on any atom is -0.490 e. The van der Waals surface area contributed by atoms with E-state index < -0.39 is 0 Å². The van der Waals surface area contributed by atoms with E-state index in [1.165, 1.54) is 22.4 Å². The molecule has 0 aliphatic heterocycles. The highest BCUT2D eigenvalue weighted by Crippen LogP contribution is 2.30. The molecule has 0 saturated carbocycles. The normalized spacial score (nSPS) is 12.6. The molecule has 0 atom stereocenters. The van der Waals surface area contributed by atoms with E-state index in [1.54, 1.807) is 25.2 Å². The summed E-state index contributed by atoms with van der Waals surface area (Å²) in [6, 6.07) is 11.2. The second-order valence-electron chi connectivity index (χ2n) is 7.43. The minimum absolute atomic E-state index is 0.0346. The number of nitrogens with one attached hydrogen (secondary N) is 1. The zero-order valence-electron chi connectivity index (χ0n) is 18.0. The van der Waals surface area contributed by atoms with Gasteiger partial charge in [-0.3, -0.25) is 9.59 Å². The van der Waals surface area contributed by atoms with Crippen LogP contribution in [0.2, 0.25) is 0 Å². The van der Waals surface area contributed by atoms with E-state index in [1.807, 2.05) is 32.0 Å². The SMILES string of the molecule is CCOc1ccc(NC(=O)CN(C)C(=O)c2ccc3c(c2)CCCC3)cc1OCC. The molecule has 0 unspecified atom stereocenters. The van der Waals surface area contributed by atoms with Gasteiger partial charge in [-0.2, -0.15) is 0 Å².